The third kappa shape index (κ3) is 2.68. The van der Waals surface area contributed by atoms with Crippen molar-refractivity contribution in [3.05, 3.63) is 52.3 Å². The third-order valence-corrected chi connectivity index (χ3v) is 3.98. The van der Waals surface area contributed by atoms with Crippen LogP contribution in [0.4, 0.5) is 0 Å². The van der Waals surface area contributed by atoms with Gasteiger partial charge in [0, 0.05) is 18.5 Å². The highest BCUT2D eigenvalue weighted by molar-refractivity contribution is 6.29. The molecular weight excluding hydrogens is 270 g/mol. The predicted molar refractivity (Wildman–Crippen MR) is 80.1 cm³/mol. The van der Waals surface area contributed by atoms with Crippen molar-refractivity contribution in [2.45, 2.75) is 44.9 Å². The highest BCUT2D eigenvalue weighted by Crippen LogP contribution is 2.34. The summed E-state index contributed by atoms with van der Waals surface area (Å²) in [6.07, 6.45) is 7.14. The molecule has 2 aromatic heterocycles. The van der Waals surface area contributed by atoms with Crippen molar-refractivity contribution in [1.82, 2.24) is 15.0 Å². The average molecular weight is 288 g/mol. The van der Waals surface area contributed by atoms with E-state index in [2.05, 4.69) is 23.0 Å². The quantitative estimate of drug-likeness (QED) is 0.803. The summed E-state index contributed by atoms with van der Waals surface area (Å²) in [7, 11) is 0. The van der Waals surface area contributed by atoms with Crippen LogP contribution in [0.1, 0.15) is 54.9 Å². The summed E-state index contributed by atoms with van der Waals surface area (Å²) in [6.45, 7) is 2.13. The molecule has 0 N–H and O–H groups in total. The topological polar surface area (TPSA) is 38.7 Å². The second kappa shape index (κ2) is 5.88. The van der Waals surface area contributed by atoms with Gasteiger partial charge in [-0.05, 0) is 43.4 Å². The van der Waals surface area contributed by atoms with Gasteiger partial charge in [0.05, 0.1) is 11.4 Å². The van der Waals surface area contributed by atoms with Crippen LogP contribution in [0.5, 0.6) is 0 Å². The standard InChI is InChI=1S/C16H18ClN3/c1-2-5-15-19-13(10-14(17)20-15)12-8-3-6-11-7-4-9-18-16(11)12/h4,7,9-10,12H,2-3,5-6,8H2,1H3. The Morgan fingerprint density at radius 1 is 1.35 bits per heavy atom. The SMILES string of the molecule is CCCc1nc(Cl)cc(C2CCCc3cccnc32)n1. The van der Waals surface area contributed by atoms with Crippen LogP contribution in [0, 0.1) is 0 Å². The molecule has 104 valence electrons. The maximum atomic E-state index is 6.16. The lowest BCUT2D eigenvalue weighted by Gasteiger charge is -2.24. The Labute approximate surface area is 124 Å². The first kappa shape index (κ1) is 13.5. The average Bonchev–Trinajstić information content (AvgIpc) is 2.46. The molecule has 2 heterocycles. The van der Waals surface area contributed by atoms with E-state index < -0.39 is 0 Å². The van der Waals surface area contributed by atoms with Gasteiger partial charge in [-0.25, -0.2) is 9.97 Å². The number of hydrogen-bond donors (Lipinski definition) is 0. The molecule has 0 aliphatic heterocycles. The van der Waals surface area contributed by atoms with E-state index in [1.54, 1.807) is 0 Å². The second-order valence-corrected chi connectivity index (χ2v) is 5.66. The van der Waals surface area contributed by atoms with Gasteiger partial charge in [-0.1, -0.05) is 24.6 Å². The lowest BCUT2D eigenvalue weighted by atomic mass is 9.84. The number of rotatable bonds is 3. The zero-order chi connectivity index (χ0) is 13.9. The van der Waals surface area contributed by atoms with E-state index in [0.29, 0.717) is 5.15 Å². The molecule has 0 amide bonds. The number of aromatic nitrogens is 3. The molecule has 2 aromatic rings. The van der Waals surface area contributed by atoms with E-state index in [9.17, 15) is 0 Å². The monoisotopic (exact) mass is 287 g/mol. The van der Waals surface area contributed by atoms with Crippen LogP contribution in [0.15, 0.2) is 24.4 Å². The van der Waals surface area contributed by atoms with E-state index in [4.69, 9.17) is 16.6 Å². The number of pyridine rings is 1. The highest BCUT2D eigenvalue weighted by Gasteiger charge is 2.24. The van der Waals surface area contributed by atoms with Crippen LogP contribution in [0.25, 0.3) is 0 Å². The van der Waals surface area contributed by atoms with E-state index in [-0.39, 0.29) is 5.92 Å². The first-order valence-electron chi connectivity index (χ1n) is 7.25. The zero-order valence-electron chi connectivity index (χ0n) is 11.6. The van der Waals surface area contributed by atoms with Crippen LogP contribution in [0.2, 0.25) is 5.15 Å². The van der Waals surface area contributed by atoms with Crippen LogP contribution in [-0.4, -0.2) is 15.0 Å². The Bertz CT molecular complexity index is 612. The maximum absolute atomic E-state index is 6.16. The van der Waals surface area contributed by atoms with Gasteiger partial charge in [0.25, 0.3) is 0 Å². The Kier molecular flexibility index (Phi) is 3.97. The lowest BCUT2D eigenvalue weighted by Crippen LogP contribution is -2.15. The molecule has 1 aliphatic rings. The molecular formula is C16H18ClN3. The number of nitrogens with zero attached hydrogens (tertiary/aromatic N) is 3. The van der Waals surface area contributed by atoms with Crippen molar-refractivity contribution in [1.29, 1.82) is 0 Å². The van der Waals surface area contributed by atoms with Crippen LogP contribution in [0.3, 0.4) is 0 Å². The molecule has 3 nitrogen and oxygen atoms in total. The summed E-state index contributed by atoms with van der Waals surface area (Å²) in [5, 5.41) is 0.543. The fraction of sp³-hybridized carbons (Fsp3) is 0.438. The molecule has 0 spiro atoms. The third-order valence-electron chi connectivity index (χ3n) is 3.79. The first-order valence-corrected chi connectivity index (χ1v) is 7.63. The largest absolute Gasteiger partial charge is 0.260 e. The molecule has 20 heavy (non-hydrogen) atoms. The van der Waals surface area contributed by atoms with Crippen LogP contribution >= 0.6 is 11.6 Å². The molecule has 1 unspecified atom stereocenters. The molecule has 1 aliphatic carbocycles. The number of hydrogen-bond acceptors (Lipinski definition) is 3. The minimum atomic E-state index is 0.260. The summed E-state index contributed by atoms with van der Waals surface area (Å²) in [6, 6.07) is 6.08. The summed E-state index contributed by atoms with van der Waals surface area (Å²) in [5.74, 6) is 1.11. The van der Waals surface area contributed by atoms with Crippen LogP contribution < -0.4 is 0 Å². The van der Waals surface area contributed by atoms with Crippen LogP contribution in [-0.2, 0) is 12.8 Å². The predicted octanol–water partition coefficient (Wildman–Crippen LogP) is 3.95. The van der Waals surface area contributed by atoms with Gasteiger partial charge >= 0.3 is 0 Å². The highest BCUT2D eigenvalue weighted by atomic mass is 35.5. The normalized spacial score (nSPS) is 17.8. The molecule has 0 aromatic carbocycles. The van der Waals surface area contributed by atoms with Crippen molar-refractivity contribution in [2.24, 2.45) is 0 Å². The smallest absolute Gasteiger partial charge is 0.133 e. The van der Waals surface area contributed by atoms with E-state index in [0.717, 1.165) is 42.9 Å². The van der Waals surface area contributed by atoms with E-state index in [1.165, 1.54) is 12.0 Å². The summed E-state index contributed by atoms with van der Waals surface area (Å²) >= 11 is 6.16. The Morgan fingerprint density at radius 2 is 2.25 bits per heavy atom. The molecule has 1 atom stereocenters. The van der Waals surface area contributed by atoms with Crippen molar-refractivity contribution in [2.75, 3.05) is 0 Å². The first-order chi connectivity index (χ1) is 9.78. The van der Waals surface area contributed by atoms with Gasteiger partial charge in [0.2, 0.25) is 0 Å². The van der Waals surface area contributed by atoms with Gasteiger partial charge in [0.15, 0.2) is 0 Å². The summed E-state index contributed by atoms with van der Waals surface area (Å²) < 4.78 is 0. The minimum Gasteiger partial charge on any atom is -0.260 e. The van der Waals surface area contributed by atoms with Gasteiger partial charge in [0.1, 0.15) is 11.0 Å². The van der Waals surface area contributed by atoms with E-state index in [1.807, 2.05) is 18.3 Å². The van der Waals surface area contributed by atoms with Crippen molar-refractivity contribution < 1.29 is 0 Å². The number of halogens is 1. The van der Waals surface area contributed by atoms with Gasteiger partial charge < -0.3 is 0 Å². The molecule has 0 saturated heterocycles. The van der Waals surface area contributed by atoms with Gasteiger partial charge in [-0.15, -0.1) is 0 Å². The molecule has 0 saturated carbocycles. The lowest BCUT2D eigenvalue weighted by molar-refractivity contribution is 0.583. The van der Waals surface area contributed by atoms with Crippen molar-refractivity contribution in [3.8, 4) is 0 Å². The zero-order valence-corrected chi connectivity index (χ0v) is 12.4. The number of fused-ring (bicyclic) bond motifs is 1. The molecule has 3 rings (SSSR count). The number of aryl methyl sites for hydroxylation is 2. The summed E-state index contributed by atoms with van der Waals surface area (Å²) in [4.78, 5) is 13.6. The fourth-order valence-electron chi connectivity index (χ4n) is 2.90. The molecule has 0 bridgehead atoms. The maximum Gasteiger partial charge on any atom is 0.133 e. The van der Waals surface area contributed by atoms with E-state index >= 15 is 0 Å². The second-order valence-electron chi connectivity index (χ2n) is 5.27. The van der Waals surface area contributed by atoms with Crippen molar-refractivity contribution in [3.63, 3.8) is 0 Å². The Morgan fingerprint density at radius 3 is 3.10 bits per heavy atom. The Balaban J connectivity index is 2.01. The molecule has 0 fully saturated rings. The Hall–Kier alpha value is -1.48. The van der Waals surface area contributed by atoms with Gasteiger partial charge in [-0.2, -0.15) is 0 Å². The minimum absolute atomic E-state index is 0.260. The van der Waals surface area contributed by atoms with Crippen molar-refractivity contribution >= 4 is 11.6 Å². The van der Waals surface area contributed by atoms with Gasteiger partial charge in [-0.3, -0.25) is 4.98 Å². The molecule has 4 heteroatoms. The summed E-state index contributed by atoms with van der Waals surface area (Å²) in [5.41, 5.74) is 3.53. The molecule has 0 radical (unpaired) electrons. The fourth-order valence-corrected chi connectivity index (χ4v) is 3.10.